The number of carbonyl (C=O) groups is 3. The van der Waals surface area contributed by atoms with Crippen LogP contribution in [-0.4, -0.2) is 60.9 Å². The minimum atomic E-state index is -1.34. The number of alkyl carbamates (subject to hydrolysis) is 1. The monoisotopic (exact) mass is 407 g/mol. The maximum Gasteiger partial charge on any atom is 0.407 e. The van der Waals surface area contributed by atoms with Gasteiger partial charge in [0.05, 0.1) is 12.8 Å². The van der Waals surface area contributed by atoms with Crippen molar-refractivity contribution < 1.29 is 29.1 Å². The van der Waals surface area contributed by atoms with Crippen LogP contribution >= 0.6 is 0 Å². The number of amides is 2. The molecule has 0 aliphatic heterocycles. The van der Waals surface area contributed by atoms with Crippen LogP contribution in [0.3, 0.4) is 0 Å². The van der Waals surface area contributed by atoms with Gasteiger partial charge in [0.25, 0.3) is 5.91 Å². The van der Waals surface area contributed by atoms with Gasteiger partial charge in [-0.3, -0.25) is 10.2 Å². The highest BCUT2D eigenvalue weighted by atomic mass is 16.6. The fraction of sp³-hybridized carbons (Fsp3) is 0.389. The molecule has 0 aromatic heterocycles. The molecule has 0 saturated heterocycles. The molecule has 6 N–H and O–H groups in total. The van der Waals surface area contributed by atoms with Crippen LogP contribution in [0.1, 0.15) is 30.9 Å². The Balaban J connectivity index is 2.35. The third kappa shape index (κ3) is 9.75. The van der Waals surface area contributed by atoms with E-state index in [0.717, 1.165) is 6.42 Å². The minimum Gasteiger partial charge on any atom is -0.480 e. The number of hydrogen-bond acceptors (Lipinski definition) is 7. The number of amidine groups is 1. The molecule has 2 amide bonds. The standard InChI is InChI=1S/C18H25N5O6/c1-2-3-8-28-18(27)23-14(17(25)26)10-21-15(24)11-29-22-9-12-4-6-13(7-5-12)16(19)20/h4-7,9,14H,2-3,8,10-11H2,1H3,(H3,19,20)(H,21,24)(H,23,27)(H,25,26)/b22-9+/t14-/m0/s1. The summed E-state index contributed by atoms with van der Waals surface area (Å²) in [5, 5.41) is 24.5. The molecule has 29 heavy (non-hydrogen) atoms. The number of nitrogens with two attached hydrogens (primary N) is 1. The number of ether oxygens (including phenoxy) is 1. The second-order valence-electron chi connectivity index (χ2n) is 5.87. The Hall–Kier alpha value is -3.63. The number of carbonyl (C=O) groups excluding carboxylic acids is 2. The van der Waals surface area contributed by atoms with Crippen molar-refractivity contribution in [2.24, 2.45) is 10.9 Å². The number of benzene rings is 1. The lowest BCUT2D eigenvalue weighted by Crippen LogP contribution is -2.49. The molecule has 11 nitrogen and oxygen atoms in total. The first kappa shape index (κ1) is 23.4. The van der Waals surface area contributed by atoms with Crippen LogP contribution in [0, 0.1) is 5.41 Å². The lowest BCUT2D eigenvalue weighted by atomic mass is 10.1. The van der Waals surface area contributed by atoms with Crippen LogP contribution < -0.4 is 16.4 Å². The number of hydrogen-bond donors (Lipinski definition) is 5. The van der Waals surface area contributed by atoms with Gasteiger partial charge in [-0.2, -0.15) is 0 Å². The highest BCUT2D eigenvalue weighted by Gasteiger charge is 2.21. The molecule has 11 heteroatoms. The normalized spacial score (nSPS) is 11.5. The van der Waals surface area contributed by atoms with E-state index in [4.69, 9.17) is 25.8 Å². The Labute approximate surface area is 167 Å². The van der Waals surface area contributed by atoms with E-state index >= 15 is 0 Å². The number of aliphatic carboxylic acids is 1. The molecule has 0 saturated carbocycles. The average molecular weight is 407 g/mol. The molecule has 0 unspecified atom stereocenters. The van der Waals surface area contributed by atoms with Crippen LogP contribution in [0.4, 0.5) is 4.79 Å². The molecule has 0 radical (unpaired) electrons. The Morgan fingerprint density at radius 3 is 2.59 bits per heavy atom. The number of nitrogen functional groups attached to an aromatic ring is 1. The molecule has 0 bridgehead atoms. The summed E-state index contributed by atoms with van der Waals surface area (Å²) in [5.41, 5.74) is 6.60. The molecule has 158 valence electrons. The van der Waals surface area contributed by atoms with Gasteiger partial charge < -0.3 is 31.0 Å². The summed E-state index contributed by atoms with van der Waals surface area (Å²) in [5.74, 6) is -1.98. The van der Waals surface area contributed by atoms with Crippen molar-refractivity contribution >= 4 is 30.0 Å². The molecular weight excluding hydrogens is 382 g/mol. The molecule has 1 rings (SSSR count). The molecule has 0 fully saturated rings. The number of carboxylic acid groups (broad SMARTS) is 1. The number of rotatable bonds is 12. The highest BCUT2D eigenvalue weighted by Crippen LogP contribution is 2.01. The molecule has 0 aliphatic carbocycles. The van der Waals surface area contributed by atoms with E-state index in [1.165, 1.54) is 6.21 Å². The van der Waals surface area contributed by atoms with Gasteiger partial charge >= 0.3 is 12.1 Å². The van der Waals surface area contributed by atoms with E-state index in [1.54, 1.807) is 24.3 Å². The van der Waals surface area contributed by atoms with Crippen molar-refractivity contribution in [3.8, 4) is 0 Å². The molecule has 0 heterocycles. The van der Waals surface area contributed by atoms with E-state index < -0.39 is 30.6 Å². The Bertz CT molecular complexity index is 735. The van der Waals surface area contributed by atoms with Crippen LogP contribution in [0.25, 0.3) is 0 Å². The Morgan fingerprint density at radius 2 is 2.00 bits per heavy atom. The third-order valence-electron chi connectivity index (χ3n) is 3.52. The number of nitrogens with zero attached hydrogens (tertiary/aromatic N) is 1. The smallest absolute Gasteiger partial charge is 0.407 e. The summed E-state index contributed by atoms with van der Waals surface area (Å²) < 4.78 is 4.82. The fourth-order valence-electron chi connectivity index (χ4n) is 1.90. The largest absolute Gasteiger partial charge is 0.480 e. The zero-order valence-corrected chi connectivity index (χ0v) is 16.0. The van der Waals surface area contributed by atoms with Gasteiger partial charge in [0, 0.05) is 12.1 Å². The number of unbranched alkanes of at least 4 members (excludes halogenated alkanes) is 1. The van der Waals surface area contributed by atoms with Gasteiger partial charge in [-0.05, 0) is 12.0 Å². The van der Waals surface area contributed by atoms with Crippen LogP contribution in [0.2, 0.25) is 0 Å². The van der Waals surface area contributed by atoms with E-state index in [2.05, 4.69) is 15.8 Å². The van der Waals surface area contributed by atoms with Gasteiger partial charge in [0.15, 0.2) is 6.61 Å². The first-order valence-corrected chi connectivity index (χ1v) is 8.86. The maximum absolute atomic E-state index is 11.7. The summed E-state index contributed by atoms with van der Waals surface area (Å²) in [6.45, 7) is 1.34. The van der Waals surface area contributed by atoms with Gasteiger partial charge in [0.2, 0.25) is 0 Å². The first-order chi connectivity index (χ1) is 13.8. The van der Waals surface area contributed by atoms with E-state index in [0.29, 0.717) is 17.5 Å². The van der Waals surface area contributed by atoms with Gasteiger partial charge in [-0.1, -0.05) is 42.8 Å². The number of nitrogens with one attached hydrogen (secondary N) is 3. The summed E-state index contributed by atoms with van der Waals surface area (Å²) in [4.78, 5) is 39.2. The van der Waals surface area contributed by atoms with Crippen molar-refractivity contribution in [3.05, 3.63) is 35.4 Å². The average Bonchev–Trinajstić information content (AvgIpc) is 2.68. The zero-order chi connectivity index (χ0) is 21.6. The van der Waals surface area contributed by atoms with Crippen LogP contribution in [0.5, 0.6) is 0 Å². The third-order valence-corrected chi connectivity index (χ3v) is 3.52. The molecule has 0 aliphatic rings. The summed E-state index contributed by atoms with van der Waals surface area (Å²) in [6, 6.07) is 5.29. The van der Waals surface area contributed by atoms with E-state index in [9.17, 15) is 14.4 Å². The second kappa shape index (κ2) is 12.7. The molecule has 1 aromatic rings. The number of oxime groups is 1. The predicted octanol–water partition coefficient (Wildman–Crippen LogP) is 0.417. The van der Waals surface area contributed by atoms with Crippen molar-refractivity contribution in [3.63, 3.8) is 0 Å². The van der Waals surface area contributed by atoms with Gasteiger partial charge in [-0.25, -0.2) is 9.59 Å². The van der Waals surface area contributed by atoms with Crippen molar-refractivity contribution in [2.75, 3.05) is 19.8 Å². The Morgan fingerprint density at radius 1 is 1.31 bits per heavy atom. The van der Waals surface area contributed by atoms with Crippen molar-refractivity contribution in [1.82, 2.24) is 10.6 Å². The second-order valence-corrected chi connectivity index (χ2v) is 5.87. The topological polar surface area (TPSA) is 176 Å². The Kier molecular flexibility index (Phi) is 10.3. The van der Waals surface area contributed by atoms with E-state index in [-0.39, 0.29) is 19.0 Å². The van der Waals surface area contributed by atoms with Crippen molar-refractivity contribution in [1.29, 1.82) is 5.41 Å². The van der Waals surface area contributed by atoms with Crippen LogP contribution in [0.15, 0.2) is 29.4 Å². The van der Waals surface area contributed by atoms with Gasteiger partial charge in [-0.15, -0.1) is 0 Å². The zero-order valence-electron chi connectivity index (χ0n) is 16.0. The minimum absolute atomic E-state index is 0.0511. The molecule has 1 atom stereocenters. The predicted molar refractivity (Wildman–Crippen MR) is 105 cm³/mol. The summed E-state index contributed by atoms with van der Waals surface area (Å²) in [6.07, 6.45) is 2.00. The lowest BCUT2D eigenvalue weighted by Gasteiger charge is -2.15. The SMILES string of the molecule is CCCCOC(=O)N[C@@H](CNC(=O)CO/N=C/c1ccc(C(=N)N)cc1)C(=O)O. The number of carboxylic acids is 1. The molecule has 0 spiro atoms. The summed E-state index contributed by atoms with van der Waals surface area (Å²) in [7, 11) is 0. The van der Waals surface area contributed by atoms with Crippen LogP contribution in [-0.2, 0) is 19.2 Å². The first-order valence-electron chi connectivity index (χ1n) is 8.86. The lowest BCUT2D eigenvalue weighted by molar-refractivity contribution is -0.139. The molecule has 1 aromatic carbocycles. The molecular formula is C18H25N5O6. The highest BCUT2D eigenvalue weighted by molar-refractivity contribution is 5.95. The van der Waals surface area contributed by atoms with Gasteiger partial charge in [0.1, 0.15) is 11.9 Å². The maximum atomic E-state index is 11.7. The van der Waals surface area contributed by atoms with E-state index in [1.807, 2.05) is 6.92 Å². The van der Waals surface area contributed by atoms with Crippen molar-refractivity contribution in [2.45, 2.75) is 25.8 Å². The summed E-state index contributed by atoms with van der Waals surface area (Å²) >= 11 is 0. The fourth-order valence-corrected chi connectivity index (χ4v) is 1.90. The quantitative estimate of drug-likeness (QED) is 0.144.